The van der Waals surface area contributed by atoms with Crippen molar-refractivity contribution in [2.45, 2.75) is 13.8 Å². The van der Waals surface area contributed by atoms with Gasteiger partial charge in [0.25, 0.3) is 5.91 Å². The van der Waals surface area contributed by atoms with Crippen LogP contribution >= 0.6 is 0 Å². The Labute approximate surface area is 123 Å². The second-order valence-electron chi connectivity index (χ2n) is 5.04. The molecule has 1 aliphatic heterocycles. The van der Waals surface area contributed by atoms with Crippen LogP contribution in [0, 0.1) is 0 Å². The molecule has 0 aliphatic carbocycles. The Kier molecular flexibility index (Phi) is 3.18. The quantitative estimate of drug-likeness (QED) is 0.748. The fraction of sp³-hybridized carbons (Fsp3) is 0.111. The van der Waals surface area contributed by atoms with Crippen LogP contribution < -0.4 is 4.90 Å². The molecule has 0 N–H and O–H groups in total. The van der Waals surface area contributed by atoms with Crippen LogP contribution in [-0.2, 0) is 9.59 Å². The number of carbonyl (C=O) groups excluding carboxylic acids is 2. The molecule has 0 saturated heterocycles. The number of rotatable bonds is 1. The Hall–Kier alpha value is -2.68. The zero-order chi connectivity index (χ0) is 15.0. The molecular formula is C18H15NO2. The number of benzene rings is 2. The average Bonchev–Trinajstić information content (AvgIpc) is 2.79. The van der Waals surface area contributed by atoms with Crippen molar-refractivity contribution < 1.29 is 9.59 Å². The van der Waals surface area contributed by atoms with Crippen LogP contribution in [0.2, 0.25) is 0 Å². The molecule has 3 heteroatoms. The molecule has 3 nitrogen and oxygen atoms in total. The van der Waals surface area contributed by atoms with Gasteiger partial charge in [0.1, 0.15) is 0 Å². The Morgan fingerprint density at radius 3 is 2.19 bits per heavy atom. The van der Waals surface area contributed by atoms with Gasteiger partial charge in [0.2, 0.25) is 5.91 Å². The molecule has 0 saturated carbocycles. The van der Waals surface area contributed by atoms with Gasteiger partial charge in [-0.15, -0.1) is 0 Å². The van der Waals surface area contributed by atoms with E-state index in [-0.39, 0.29) is 11.8 Å². The Bertz CT molecular complexity index is 760. The van der Waals surface area contributed by atoms with Crippen LogP contribution in [-0.4, -0.2) is 11.8 Å². The second-order valence-corrected chi connectivity index (χ2v) is 5.04. The number of fused-ring (bicyclic) bond motifs is 1. The number of allylic oxidation sites excluding steroid dienone is 1. The van der Waals surface area contributed by atoms with Gasteiger partial charge >= 0.3 is 0 Å². The van der Waals surface area contributed by atoms with Gasteiger partial charge in [0.15, 0.2) is 0 Å². The molecule has 0 radical (unpaired) electrons. The topological polar surface area (TPSA) is 37.4 Å². The molecular weight excluding hydrogens is 262 g/mol. The summed E-state index contributed by atoms with van der Waals surface area (Å²) in [4.78, 5) is 25.7. The highest BCUT2D eigenvalue weighted by Gasteiger charge is 2.35. The normalized spacial score (nSPS) is 15.9. The standard InChI is InChI=1S/C18H15NO2/c1-12(14-8-4-3-5-9-14)17-15-10-6-7-11-16(15)19(13(2)20)18(17)21/h3-11H,1-2H3/b17-12+. The molecule has 2 amide bonds. The molecule has 1 aliphatic rings. The van der Waals surface area contributed by atoms with Crippen LogP contribution in [0.25, 0.3) is 11.1 Å². The van der Waals surface area contributed by atoms with Gasteiger partial charge in [0, 0.05) is 12.5 Å². The van der Waals surface area contributed by atoms with Crippen molar-refractivity contribution in [3.63, 3.8) is 0 Å². The van der Waals surface area contributed by atoms with Gasteiger partial charge in [-0.3, -0.25) is 9.59 Å². The minimum atomic E-state index is -0.261. The lowest BCUT2D eigenvalue weighted by Gasteiger charge is -2.12. The van der Waals surface area contributed by atoms with Crippen LogP contribution in [0.4, 0.5) is 5.69 Å². The Morgan fingerprint density at radius 1 is 0.905 bits per heavy atom. The third-order valence-corrected chi connectivity index (χ3v) is 3.73. The number of para-hydroxylation sites is 1. The molecule has 2 aromatic rings. The number of carbonyl (C=O) groups is 2. The van der Waals surface area contributed by atoms with Crippen molar-refractivity contribution in [2.24, 2.45) is 0 Å². The smallest absolute Gasteiger partial charge is 0.266 e. The van der Waals surface area contributed by atoms with E-state index in [2.05, 4.69) is 0 Å². The molecule has 0 unspecified atom stereocenters. The molecule has 0 bridgehead atoms. The highest BCUT2D eigenvalue weighted by atomic mass is 16.2. The average molecular weight is 277 g/mol. The first-order valence-corrected chi connectivity index (χ1v) is 6.82. The van der Waals surface area contributed by atoms with Crippen molar-refractivity contribution in [3.8, 4) is 0 Å². The van der Waals surface area contributed by atoms with Crippen LogP contribution in [0.5, 0.6) is 0 Å². The highest BCUT2D eigenvalue weighted by Crippen LogP contribution is 2.40. The Morgan fingerprint density at radius 2 is 1.52 bits per heavy atom. The van der Waals surface area contributed by atoms with Crippen molar-refractivity contribution in [1.82, 2.24) is 0 Å². The van der Waals surface area contributed by atoms with Gasteiger partial charge in [-0.05, 0) is 24.1 Å². The third kappa shape index (κ3) is 2.07. The summed E-state index contributed by atoms with van der Waals surface area (Å²) >= 11 is 0. The summed E-state index contributed by atoms with van der Waals surface area (Å²) in [7, 11) is 0. The van der Waals surface area contributed by atoms with E-state index in [1.54, 1.807) is 6.07 Å². The molecule has 0 spiro atoms. The van der Waals surface area contributed by atoms with Crippen molar-refractivity contribution in [2.75, 3.05) is 4.90 Å². The lowest BCUT2D eigenvalue weighted by Crippen LogP contribution is -2.31. The van der Waals surface area contributed by atoms with Gasteiger partial charge in [-0.1, -0.05) is 48.5 Å². The van der Waals surface area contributed by atoms with E-state index < -0.39 is 0 Å². The fourth-order valence-electron chi connectivity index (χ4n) is 2.72. The number of imide groups is 1. The minimum absolute atomic E-state index is 0.245. The summed E-state index contributed by atoms with van der Waals surface area (Å²) in [5.74, 6) is -0.506. The third-order valence-electron chi connectivity index (χ3n) is 3.73. The van der Waals surface area contributed by atoms with Crippen LogP contribution in [0.15, 0.2) is 54.6 Å². The van der Waals surface area contributed by atoms with Crippen LogP contribution in [0.1, 0.15) is 25.0 Å². The molecule has 104 valence electrons. The summed E-state index contributed by atoms with van der Waals surface area (Å²) in [6, 6.07) is 17.2. The lowest BCUT2D eigenvalue weighted by molar-refractivity contribution is -0.122. The number of hydrogen-bond acceptors (Lipinski definition) is 2. The second kappa shape index (κ2) is 5.02. The summed E-state index contributed by atoms with van der Waals surface area (Å²) in [6.45, 7) is 3.33. The summed E-state index contributed by atoms with van der Waals surface area (Å²) < 4.78 is 0. The van der Waals surface area contributed by atoms with E-state index in [4.69, 9.17) is 0 Å². The maximum atomic E-state index is 12.7. The van der Waals surface area contributed by atoms with Crippen molar-refractivity contribution in [3.05, 3.63) is 65.7 Å². The zero-order valence-electron chi connectivity index (χ0n) is 12.0. The maximum Gasteiger partial charge on any atom is 0.266 e. The first-order valence-electron chi connectivity index (χ1n) is 6.82. The van der Waals surface area contributed by atoms with E-state index in [1.165, 1.54) is 11.8 Å². The lowest BCUT2D eigenvalue weighted by atomic mass is 9.97. The van der Waals surface area contributed by atoms with Crippen molar-refractivity contribution >= 4 is 28.6 Å². The molecule has 21 heavy (non-hydrogen) atoms. The SMILES string of the molecule is CC(=O)N1C(=O)/C(=C(\C)c2ccccc2)c2ccccc21. The molecule has 0 atom stereocenters. The van der Waals surface area contributed by atoms with Gasteiger partial charge < -0.3 is 0 Å². The number of hydrogen-bond donors (Lipinski definition) is 0. The predicted molar refractivity (Wildman–Crippen MR) is 83.5 cm³/mol. The molecule has 1 heterocycles. The first kappa shape index (κ1) is 13.3. The first-order chi connectivity index (χ1) is 10.1. The predicted octanol–water partition coefficient (Wildman–Crippen LogP) is 3.51. The van der Waals surface area contributed by atoms with Gasteiger partial charge in [-0.25, -0.2) is 4.90 Å². The molecule has 2 aromatic carbocycles. The van der Waals surface area contributed by atoms with Gasteiger partial charge in [0.05, 0.1) is 11.3 Å². The van der Waals surface area contributed by atoms with Gasteiger partial charge in [-0.2, -0.15) is 0 Å². The monoisotopic (exact) mass is 277 g/mol. The van der Waals surface area contributed by atoms with E-state index in [1.807, 2.05) is 55.5 Å². The van der Waals surface area contributed by atoms with E-state index >= 15 is 0 Å². The van der Waals surface area contributed by atoms with E-state index in [9.17, 15) is 9.59 Å². The molecule has 3 rings (SSSR count). The summed E-state index contributed by atoms with van der Waals surface area (Å²) in [6.07, 6.45) is 0. The number of anilines is 1. The zero-order valence-corrected chi connectivity index (χ0v) is 12.0. The minimum Gasteiger partial charge on any atom is -0.274 e. The van der Waals surface area contributed by atoms with Crippen LogP contribution in [0.3, 0.4) is 0 Å². The fourth-order valence-corrected chi connectivity index (χ4v) is 2.72. The maximum absolute atomic E-state index is 12.7. The highest BCUT2D eigenvalue weighted by molar-refractivity contribution is 6.43. The summed E-state index contributed by atoms with van der Waals surface area (Å²) in [5.41, 5.74) is 3.96. The largest absolute Gasteiger partial charge is 0.274 e. The van der Waals surface area contributed by atoms with Crippen molar-refractivity contribution in [1.29, 1.82) is 0 Å². The molecule has 0 fully saturated rings. The number of nitrogens with zero attached hydrogens (tertiary/aromatic N) is 1. The number of amides is 2. The van der Waals surface area contributed by atoms with E-state index in [0.717, 1.165) is 16.7 Å². The summed E-state index contributed by atoms with van der Waals surface area (Å²) in [5, 5.41) is 0. The molecule has 0 aromatic heterocycles. The van der Waals surface area contributed by atoms with E-state index in [0.29, 0.717) is 11.3 Å². The Balaban J connectivity index is 2.25.